The van der Waals surface area contributed by atoms with Crippen LogP contribution in [0.1, 0.15) is 27.6 Å². The Morgan fingerprint density at radius 2 is 2.10 bits per heavy atom. The Hall–Kier alpha value is -2.68. The van der Waals surface area contributed by atoms with Crippen LogP contribution in [-0.4, -0.2) is 48.2 Å². The van der Waals surface area contributed by atoms with Crippen LogP contribution in [0.25, 0.3) is 0 Å². The van der Waals surface area contributed by atoms with Gasteiger partial charge in [0.05, 0.1) is 25.1 Å². The molecule has 0 saturated heterocycles. The summed E-state index contributed by atoms with van der Waals surface area (Å²) in [4.78, 5) is 26.7. The zero-order valence-electron chi connectivity index (χ0n) is 15.5. The topological polar surface area (TPSA) is 139 Å². The van der Waals surface area contributed by atoms with Crippen molar-refractivity contribution in [2.75, 3.05) is 5.32 Å². The summed E-state index contributed by atoms with van der Waals surface area (Å²) < 4.78 is 15.2. The summed E-state index contributed by atoms with van der Waals surface area (Å²) in [6, 6.07) is 5.31. The molecule has 10 nitrogen and oxygen atoms in total. The Morgan fingerprint density at radius 1 is 1.28 bits per heavy atom. The van der Waals surface area contributed by atoms with Crippen molar-refractivity contribution in [1.29, 1.82) is 0 Å². The van der Waals surface area contributed by atoms with E-state index in [4.69, 9.17) is 0 Å². The van der Waals surface area contributed by atoms with Crippen molar-refractivity contribution in [1.82, 2.24) is 30.2 Å². The molecule has 0 spiro atoms. The number of anilines is 1. The number of amides is 1. The van der Waals surface area contributed by atoms with Crippen LogP contribution in [0.2, 0.25) is 0 Å². The van der Waals surface area contributed by atoms with E-state index in [1.165, 1.54) is 11.3 Å². The van der Waals surface area contributed by atoms with Crippen LogP contribution >= 0.6 is 11.3 Å². The number of halogens is 1. The third-order valence-electron chi connectivity index (χ3n) is 3.59. The number of alkyl halides is 1. The fourth-order valence-electron chi connectivity index (χ4n) is 2.29. The number of nitrogens with one attached hydrogen (secondary N) is 1. The number of aromatic nitrogens is 6. The van der Waals surface area contributed by atoms with Crippen LogP contribution in [0.4, 0.5) is 9.52 Å². The van der Waals surface area contributed by atoms with Crippen LogP contribution in [0.3, 0.4) is 0 Å². The maximum absolute atomic E-state index is 14.1. The molecule has 3 aromatic heterocycles. The molecule has 0 radical (unpaired) electrons. The summed E-state index contributed by atoms with van der Waals surface area (Å²) in [5.41, 5.74) is 0.294. The molecule has 1 atom stereocenters. The van der Waals surface area contributed by atoms with Gasteiger partial charge in [0, 0.05) is 18.3 Å². The number of aromatic carboxylic acids is 1. The van der Waals surface area contributed by atoms with Crippen LogP contribution < -0.4 is 29.3 Å². The maximum Gasteiger partial charge on any atom is 1.00 e. The number of pyridine rings is 1. The largest absolute Gasteiger partial charge is 1.00 e. The van der Waals surface area contributed by atoms with Crippen LogP contribution in [0.15, 0.2) is 30.6 Å². The number of nitrogens with zero attached hydrogens (tertiary/aromatic N) is 6. The van der Waals surface area contributed by atoms with E-state index in [2.05, 4.69) is 30.8 Å². The monoisotopic (exact) mass is 411 g/mol. The number of carbonyl (C=O) groups is 2. The van der Waals surface area contributed by atoms with E-state index in [-0.39, 0.29) is 49.8 Å². The van der Waals surface area contributed by atoms with Crippen molar-refractivity contribution in [3.63, 3.8) is 0 Å². The van der Waals surface area contributed by atoms with Crippen molar-refractivity contribution in [3.8, 4) is 0 Å². The molecule has 0 aliphatic rings. The molecule has 0 aliphatic carbocycles. The SMILES string of the molecule is O=C(Cc1ccccn1)Nc1nnc(CC[C@@H](F)Cn2cc(C(=O)[O-])nn2)s1.[Li+]. The van der Waals surface area contributed by atoms with Gasteiger partial charge in [-0.15, -0.1) is 15.3 Å². The molecule has 0 fully saturated rings. The molecule has 29 heavy (non-hydrogen) atoms. The third-order valence-corrected chi connectivity index (χ3v) is 4.48. The third kappa shape index (κ3) is 7.01. The number of carboxylic acids is 1. The predicted octanol–water partition coefficient (Wildman–Crippen LogP) is -2.96. The van der Waals surface area contributed by atoms with E-state index in [0.717, 1.165) is 10.9 Å². The smallest absolute Gasteiger partial charge is 0.543 e. The van der Waals surface area contributed by atoms with Gasteiger partial charge in [-0.2, -0.15) is 0 Å². The second-order valence-electron chi connectivity index (χ2n) is 5.80. The van der Waals surface area contributed by atoms with Gasteiger partial charge >= 0.3 is 18.9 Å². The zero-order valence-corrected chi connectivity index (χ0v) is 16.3. The molecule has 146 valence electrons. The molecule has 3 aromatic rings. The first-order chi connectivity index (χ1) is 13.5. The molecule has 13 heteroatoms. The van der Waals surface area contributed by atoms with Gasteiger partial charge in [0.2, 0.25) is 11.0 Å². The molecular formula is C16H15FLiN7O3S. The number of aryl methyl sites for hydroxylation is 1. The van der Waals surface area contributed by atoms with E-state index in [0.29, 0.717) is 22.3 Å². The van der Waals surface area contributed by atoms with Gasteiger partial charge in [-0.25, -0.2) is 9.07 Å². The minimum absolute atomic E-state index is 0. The summed E-state index contributed by atoms with van der Waals surface area (Å²) in [6.07, 6.45) is 2.02. The van der Waals surface area contributed by atoms with Gasteiger partial charge in [-0.05, 0) is 18.6 Å². The number of carboxylic acid groups (broad SMARTS) is 1. The first-order valence-corrected chi connectivity index (χ1v) is 9.09. The number of rotatable bonds is 9. The molecular weight excluding hydrogens is 396 g/mol. The molecule has 0 saturated carbocycles. The molecule has 3 heterocycles. The van der Waals surface area contributed by atoms with E-state index in [9.17, 15) is 19.1 Å². The summed E-state index contributed by atoms with van der Waals surface area (Å²) in [5, 5.41) is 28.9. The average molecular weight is 411 g/mol. The molecule has 0 bridgehead atoms. The van der Waals surface area contributed by atoms with Crippen molar-refractivity contribution in [2.24, 2.45) is 0 Å². The molecule has 1 amide bonds. The normalized spacial score (nSPS) is 11.5. The average Bonchev–Trinajstić information content (AvgIpc) is 3.30. The van der Waals surface area contributed by atoms with Crippen molar-refractivity contribution >= 4 is 28.3 Å². The van der Waals surface area contributed by atoms with Gasteiger partial charge in [0.15, 0.2) is 0 Å². The quantitative estimate of drug-likeness (QED) is 0.369. The minimum atomic E-state index is -1.46. The van der Waals surface area contributed by atoms with Crippen LogP contribution in [0.5, 0.6) is 0 Å². The summed E-state index contributed by atoms with van der Waals surface area (Å²) in [5.74, 6) is -1.73. The maximum atomic E-state index is 14.1. The number of hydrogen-bond acceptors (Lipinski definition) is 9. The fourth-order valence-corrected chi connectivity index (χ4v) is 3.06. The van der Waals surface area contributed by atoms with Crippen LogP contribution in [-0.2, 0) is 24.2 Å². The number of hydrogen-bond donors (Lipinski definition) is 1. The zero-order chi connectivity index (χ0) is 19.9. The van der Waals surface area contributed by atoms with Crippen LogP contribution in [0, 0.1) is 0 Å². The van der Waals surface area contributed by atoms with E-state index in [1.54, 1.807) is 24.4 Å². The Bertz CT molecular complexity index is 953. The summed E-state index contributed by atoms with van der Waals surface area (Å²) in [7, 11) is 0. The first kappa shape index (κ1) is 22.6. The van der Waals surface area contributed by atoms with Crippen molar-refractivity contribution in [2.45, 2.75) is 32.0 Å². The minimum Gasteiger partial charge on any atom is -0.543 e. The fraction of sp³-hybridized carbons (Fsp3) is 0.312. The first-order valence-electron chi connectivity index (χ1n) is 8.27. The van der Waals surface area contributed by atoms with Gasteiger partial charge in [-0.1, -0.05) is 22.6 Å². The van der Waals surface area contributed by atoms with Gasteiger partial charge in [0.25, 0.3) is 0 Å². The molecule has 0 aromatic carbocycles. The summed E-state index contributed by atoms with van der Waals surface area (Å²) in [6.45, 7) is -0.132. The van der Waals surface area contributed by atoms with Crippen molar-refractivity contribution in [3.05, 3.63) is 47.0 Å². The summed E-state index contributed by atoms with van der Waals surface area (Å²) >= 11 is 1.17. The molecule has 3 rings (SSSR count). The molecule has 0 aliphatic heterocycles. The van der Waals surface area contributed by atoms with Crippen molar-refractivity contribution < 1.29 is 37.9 Å². The van der Waals surface area contributed by atoms with E-state index >= 15 is 0 Å². The van der Waals surface area contributed by atoms with Gasteiger partial charge in [0.1, 0.15) is 16.9 Å². The van der Waals surface area contributed by atoms with E-state index < -0.39 is 12.1 Å². The van der Waals surface area contributed by atoms with E-state index in [1.807, 2.05) is 0 Å². The Labute approximate surface area is 180 Å². The molecule has 1 N–H and O–H groups in total. The molecule has 0 unspecified atom stereocenters. The second kappa shape index (κ2) is 10.8. The number of carbonyl (C=O) groups excluding carboxylic acids is 2. The predicted molar refractivity (Wildman–Crippen MR) is 94.0 cm³/mol. The Kier molecular flexibility index (Phi) is 8.38. The Balaban J connectivity index is 0.00000300. The van der Waals surface area contributed by atoms with Gasteiger partial charge < -0.3 is 15.2 Å². The Morgan fingerprint density at radius 3 is 2.79 bits per heavy atom. The van der Waals surface area contributed by atoms with Gasteiger partial charge in [-0.3, -0.25) is 9.78 Å². The standard InChI is InChI=1S/C16H16FN7O3S.Li/c17-10(8-24-9-12(15(26)27)20-23-24)4-5-14-21-22-16(28-14)19-13(25)7-11-3-1-2-6-18-11;/h1-3,6,9-10H,4-5,7-8H2,(H,26,27)(H,19,22,25);/q;+1/p-1/t10-;/m1./s1. The second-order valence-corrected chi connectivity index (χ2v) is 6.86.